The predicted molar refractivity (Wildman–Crippen MR) is 97.9 cm³/mol. The van der Waals surface area contributed by atoms with E-state index in [2.05, 4.69) is 20.0 Å². The molecule has 0 spiro atoms. The summed E-state index contributed by atoms with van der Waals surface area (Å²) >= 11 is 0. The molecule has 0 heterocycles. The maximum Gasteiger partial charge on any atom is 0.187 e. The van der Waals surface area contributed by atoms with Gasteiger partial charge < -0.3 is 4.43 Å². The van der Waals surface area contributed by atoms with Crippen molar-refractivity contribution in [2.24, 2.45) is 0 Å². The highest BCUT2D eigenvalue weighted by Crippen LogP contribution is 2.25. The van der Waals surface area contributed by atoms with Crippen LogP contribution < -0.4 is 0 Å². The molecule has 130 valence electrons. The van der Waals surface area contributed by atoms with E-state index in [1.807, 2.05) is 0 Å². The van der Waals surface area contributed by atoms with E-state index >= 15 is 0 Å². The topological polar surface area (TPSA) is 26.3 Å². The first-order chi connectivity index (χ1) is 10.5. The first-order valence-corrected chi connectivity index (χ1v) is 12.9. The average Bonchev–Trinajstić information content (AvgIpc) is 2.85. The molecule has 1 aliphatic carbocycles. The van der Waals surface area contributed by atoms with Gasteiger partial charge in [0.1, 0.15) is 6.10 Å². The number of carbonyl (C=O) groups is 1. The molecular weight excluding hydrogens is 288 g/mol. The molecule has 0 aromatic heterocycles. The van der Waals surface area contributed by atoms with E-state index in [-0.39, 0.29) is 6.10 Å². The van der Waals surface area contributed by atoms with Crippen LogP contribution in [0.2, 0.25) is 19.1 Å². The van der Waals surface area contributed by atoms with E-state index in [0.717, 1.165) is 19.3 Å². The molecule has 0 aliphatic heterocycles. The number of ketones is 1. The van der Waals surface area contributed by atoms with Crippen molar-refractivity contribution in [2.45, 2.75) is 116 Å². The van der Waals surface area contributed by atoms with Crippen molar-refractivity contribution in [2.75, 3.05) is 0 Å². The van der Waals surface area contributed by atoms with Crippen molar-refractivity contribution in [3.05, 3.63) is 0 Å². The van der Waals surface area contributed by atoms with Crippen LogP contribution in [0.4, 0.5) is 0 Å². The number of rotatable bonds is 13. The highest BCUT2D eigenvalue weighted by Gasteiger charge is 2.32. The standard InChI is InChI=1S/C19H38O2Si/c1-4-5-6-7-8-9-10-11-12-13-17-22(2,3)21-19-16-14-15-18(19)20/h19H,4-17H2,1-3H3. The SMILES string of the molecule is CCCCCCCCCCCC[Si](C)(C)OC1CCCC1=O. The third-order valence-electron chi connectivity index (χ3n) is 4.84. The fourth-order valence-corrected chi connectivity index (χ4v) is 5.63. The molecular formula is C19H38O2Si. The molecule has 0 N–H and O–H groups in total. The van der Waals surface area contributed by atoms with E-state index in [1.165, 1.54) is 70.3 Å². The van der Waals surface area contributed by atoms with Crippen molar-refractivity contribution in [1.29, 1.82) is 0 Å². The van der Waals surface area contributed by atoms with Gasteiger partial charge in [-0.3, -0.25) is 4.79 Å². The van der Waals surface area contributed by atoms with E-state index in [1.54, 1.807) is 0 Å². The third-order valence-corrected chi connectivity index (χ3v) is 7.32. The first-order valence-electron chi connectivity index (χ1n) is 9.76. The zero-order valence-electron chi connectivity index (χ0n) is 15.3. The number of carbonyl (C=O) groups excluding carboxylic acids is 1. The number of unbranched alkanes of at least 4 members (excludes halogenated alkanes) is 9. The summed E-state index contributed by atoms with van der Waals surface area (Å²) in [6.07, 6.45) is 16.5. The van der Waals surface area contributed by atoms with E-state index in [0.29, 0.717) is 5.78 Å². The molecule has 0 amide bonds. The fraction of sp³-hybridized carbons (Fsp3) is 0.947. The lowest BCUT2D eigenvalue weighted by atomic mass is 10.1. The Hall–Kier alpha value is -0.153. The molecule has 1 atom stereocenters. The summed E-state index contributed by atoms with van der Waals surface area (Å²) in [6.45, 7) is 6.84. The number of hydrogen-bond acceptors (Lipinski definition) is 2. The second kappa shape index (κ2) is 11.4. The maximum atomic E-state index is 11.7. The van der Waals surface area contributed by atoms with Crippen LogP contribution in [-0.2, 0) is 9.22 Å². The normalized spacial score (nSPS) is 19.0. The van der Waals surface area contributed by atoms with Crippen LogP contribution >= 0.6 is 0 Å². The molecule has 0 aromatic carbocycles. The minimum Gasteiger partial charge on any atom is -0.407 e. The smallest absolute Gasteiger partial charge is 0.187 e. The Balaban J connectivity index is 1.95. The van der Waals surface area contributed by atoms with Gasteiger partial charge in [-0.1, -0.05) is 71.1 Å². The van der Waals surface area contributed by atoms with Gasteiger partial charge in [-0.2, -0.15) is 0 Å². The average molecular weight is 327 g/mol. The van der Waals surface area contributed by atoms with Gasteiger partial charge in [0.2, 0.25) is 0 Å². The lowest BCUT2D eigenvalue weighted by Crippen LogP contribution is -2.37. The highest BCUT2D eigenvalue weighted by molar-refractivity contribution is 6.71. The van der Waals surface area contributed by atoms with Gasteiger partial charge in [-0.25, -0.2) is 0 Å². The van der Waals surface area contributed by atoms with Gasteiger partial charge >= 0.3 is 0 Å². The molecule has 0 bridgehead atoms. The quantitative estimate of drug-likeness (QED) is 0.295. The monoisotopic (exact) mass is 326 g/mol. The van der Waals surface area contributed by atoms with Gasteiger partial charge in [-0.05, 0) is 32.0 Å². The third kappa shape index (κ3) is 9.09. The second-order valence-electron chi connectivity index (χ2n) is 7.66. The Labute approximate surface area is 139 Å². The second-order valence-corrected chi connectivity index (χ2v) is 11.9. The molecule has 0 aromatic rings. The summed E-state index contributed by atoms with van der Waals surface area (Å²) in [5.41, 5.74) is 0. The minimum atomic E-state index is -1.62. The largest absolute Gasteiger partial charge is 0.407 e. The van der Waals surface area contributed by atoms with Crippen molar-refractivity contribution in [3.63, 3.8) is 0 Å². The summed E-state index contributed by atoms with van der Waals surface area (Å²) in [6, 6.07) is 1.22. The van der Waals surface area contributed by atoms with Crippen LogP contribution in [0.5, 0.6) is 0 Å². The zero-order valence-corrected chi connectivity index (χ0v) is 16.3. The van der Waals surface area contributed by atoms with Crippen LogP contribution in [-0.4, -0.2) is 20.2 Å². The van der Waals surface area contributed by atoms with Crippen LogP contribution in [0.1, 0.15) is 90.4 Å². The fourth-order valence-electron chi connectivity index (χ4n) is 3.39. The molecule has 1 fully saturated rings. The van der Waals surface area contributed by atoms with E-state index in [9.17, 15) is 4.79 Å². The molecule has 2 nitrogen and oxygen atoms in total. The van der Waals surface area contributed by atoms with Crippen molar-refractivity contribution < 1.29 is 9.22 Å². The van der Waals surface area contributed by atoms with Gasteiger partial charge in [0.25, 0.3) is 0 Å². The lowest BCUT2D eigenvalue weighted by molar-refractivity contribution is -0.123. The maximum absolute atomic E-state index is 11.7. The summed E-state index contributed by atoms with van der Waals surface area (Å²) in [5.74, 6) is 0.351. The van der Waals surface area contributed by atoms with Crippen LogP contribution in [0.3, 0.4) is 0 Å². The van der Waals surface area contributed by atoms with Gasteiger partial charge in [0.05, 0.1) is 0 Å². The molecule has 1 saturated carbocycles. The zero-order chi connectivity index (χ0) is 16.3. The Bertz CT molecular complexity index is 302. The van der Waals surface area contributed by atoms with Crippen molar-refractivity contribution in [1.82, 2.24) is 0 Å². The Kier molecular flexibility index (Phi) is 10.3. The summed E-state index contributed by atoms with van der Waals surface area (Å²) in [7, 11) is -1.62. The summed E-state index contributed by atoms with van der Waals surface area (Å²) in [4.78, 5) is 11.7. The Morgan fingerprint density at radius 1 is 0.955 bits per heavy atom. The lowest BCUT2D eigenvalue weighted by Gasteiger charge is -2.26. The number of hydrogen-bond donors (Lipinski definition) is 0. The van der Waals surface area contributed by atoms with Crippen LogP contribution in [0.15, 0.2) is 0 Å². The Morgan fingerprint density at radius 2 is 1.50 bits per heavy atom. The van der Waals surface area contributed by atoms with Crippen LogP contribution in [0, 0.1) is 0 Å². The highest BCUT2D eigenvalue weighted by atomic mass is 28.4. The summed E-state index contributed by atoms with van der Waals surface area (Å²) in [5, 5.41) is 0. The number of Topliss-reactive ketones (excluding diaryl/α,β-unsaturated/α-hetero) is 1. The molecule has 0 saturated heterocycles. The summed E-state index contributed by atoms with van der Waals surface area (Å²) < 4.78 is 6.18. The first kappa shape index (κ1) is 19.9. The Morgan fingerprint density at radius 3 is 2.00 bits per heavy atom. The molecule has 22 heavy (non-hydrogen) atoms. The van der Waals surface area contributed by atoms with Gasteiger partial charge in [0, 0.05) is 6.42 Å². The molecule has 1 aliphatic rings. The molecule has 3 heteroatoms. The van der Waals surface area contributed by atoms with Crippen molar-refractivity contribution >= 4 is 14.1 Å². The van der Waals surface area contributed by atoms with E-state index < -0.39 is 8.32 Å². The van der Waals surface area contributed by atoms with Crippen molar-refractivity contribution in [3.8, 4) is 0 Å². The van der Waals surface area contributed by atoms with Crippen LogP contribution in [0.25, 0.3) is 0 Å². The molecule has 1 unspecified atom stereocenters. The van der Waals surface area contributed by atoms with E-state index in [4.69, 9.17) is 4.43 Å². The van der Waals surface area contributed by atoms with Gasteiger partial charge in [-0.15, -0.1) is 0 Å². The molecule has 0 radical (unpaired) electrons. The molecule has 1 rings (SSSR count). The minimum absolute atomic E-state index is 0.0511. The predicted octanol–water partition coefficient (Wildman–Crippen LogP) is 6.25. The van der Waals surface area contributed by atoms with Gasteiger partial charge in [0.15, 0.2) is 14.1 Å².